The number of esters is 1. The maximum atomic E-state index is 12.5. The molecule has 0 saturated carbocycles. The molecule has 6 heteroatoms. The van der Waals surface area contributed by atoms with Gasteiger partial charge in [0.1, 0.15) is 0 Å². The highest BCUT2D eigenvalue weighted by Crippen LogP contribution is 2.29. The summed E-state index contributed by atoms with van der Waals surface area (Å²) in [4.78, 5) is 38.8. The van der Waals surface area contributed by atoms with Crippen LogP contribution in [0.3, 0.4) is 0 Å². The summed E-state index contributed by atoms with van der Waals surface area (Å²) >= 11 is 0. The Labute approximate surface area is 164 Å². The smallest absolute Gasteiger partial charge is 0.312 e. The molecule has 0 spiro atoms. The van der Waals surface area contributed by atoms with Gasteiger partial charge < -0.3 is 15.0 Å². The zero-order valence-electron chi connectivity index (χ0n) is 16.1. The standard InChI is InChI=1S/C22H24N2O4/c1-3-16-9-7-8-12-19(16)24-14-17(13-20(24)25)22(27)28-15(2)21(26)23-18-10-5-4-6-11-18/h4-12,15,17H,3,13-14H2,1-2H3,(H,23,26). The molecule has 6 nitrogen and oxygen atoms in total. The first-order valence-electron chi connectivity index (χ1n) is 9.44. The van der Waals surface area contributed by atoms with Crippen LogP contribution in [-0.2, 0) is 25.5 Å². The number of hydrogen-bond donors (Lipinski definition) is 1. The topological polar surface area (TPSA) is 75.7 Å². The van der Waals surface area contributed by atoms with E-state index >= 15 is 0 Å². The Morgan fingerprint density at radius 1 is 1.14 bits per heavy atom. The molecule has 1 N–H and O–H groups in total. The van der Waals surface area contributed by atoms with E-state index in [2.05, 4.69) is 5.32 Å². The zero-order chi connectivity index (χ0) is 20.1. The highest BCUT2D eigenvalue weighted by atomic mass is 16.5. The summed E-state index contributed by atoms with van der Waals surface area (Å²) < 4.78 is 5.33. The minimum Gasteiger partial charge on any atom is -0.452 e. The molecule has 0 aliphatic carbocycles. The molecule has 2 unspecified atom stereocenters. The molecule has 3 rings (SSSR count). The van der Waals surface area contributed by atoms with Crippen LogP contribution in [0.25, 0.3) is 0 Å². The van der Waals surface area contributed by atoms with Crippen molar-refractivity contribution >= 4 is 29.2 Å². The third-order valence-corrected chi connectivity index (χ3v) is 4.83. The van der Waals surface area contributed by atoms with E-state index in [0.717, 1.165) is 17.7 Å². The number of amides is 2. The number of ether oxygens (including phenoxy) is 1. The number of benzene rings is 2. The van der Waals surface area contributed by atoms with Gasteiger partial charge >= 0.3 is 5.97 Å². The molecule has 0 aromatic heterocycles. The van der Waals surface area contributed by atoms with Crippen LogP contribution in [-0.4, -0.2) is 30.4 Å². The fourth-order valence-corrected chi connectivity index (χ4v) is 3.26. The second-order valence-corrected chi connectivity index (χ2v) is 6.82. The summed E-state index contributed by atoms with van der Waals surface area (Å²) in [5.41, 5.74) is 2.52. The molecular formula is C22H24N2O4. The zero-order valence-corrected chi connectivity index (χ0v) is 16.1. The van der Waals surface area contributed by atoms with Crippen LogP contribution in [0.2, 0.25) is 0 Å². The van der Waals surface area contributed by atoms with Gasteiger partial charge in [-0.15, -0.1) is 0 Å². The lowest BCUT2D eigenvalue weighted by molar-refractivity contribution is -0.157. The van der Waals surface area contributed by atoms with Gasteiger partial charge in [0.25, 0.3) is 5.91 Å². The van der Waals surface area contributed by atoms with Crippen molar-refractivity contribution in [3.8, 4) is 0 Å². The van der Waals surface area contributed by atoms with Crippen molar-refractivity contribution < 1.29 is 19.1 Å². The quantitative estimate of drug-likeness (QED) is 0.781. The number of nitrogens with one attached hydrogen (secondary N) is 1. The van der Waals surface area contributed by atoms with Crippen LogP contribution in [0.5, 0.6) is 0 Å². The van der Waals surface area contributed by atoms with E-state index in [0.29, 0.717) is 5.69 Å². The van der Waals surface area contributed by atoms with Crippen LogP contribution in [0.1, 0.15) is 25.8 Å². The van der Waals surface area contributed by atoms with Crippen molar-refractivity contribution in [1.29, 1.82) is 0 Å². The van der Waals surface area contributed by atoms with Gasteiger partial charge in [-0.25, -0.2) is 0 Å². The molecule has 1 saturated heterocycles. The predicted octanol–water partition coefficient (Wildman–Crippen LogP) is 3.17. The number of carbonyl (C=O) groups excluding carboxylic acids is 3. The average molecular weight is 380 g/mol. The number of nitrogens with zero attached hydrogens (tertiary/aromatic N) is 1. The Hall–Kier alpha value is -3.15. The molecule has 146 valence electrons. The van der Waals surface area contributed by atoms with E-state index in [9.17, 15) is 14.4 Å². The second-order valence-electron chi connectivity index (χ2n) is 6.82. The molecule has 1 aliphatic rings. The Morgan fingerprint density at radius 2 is 1.82 bits per heavy atom. The van der Waals surface area contributed by atoms with Crippen molar-refractivity contribution in [3.05, 3.63) is 60.2 Å². The Balaban J connectivity index is 1.60. The van der Waals surface area contributed by atoms with Gasteiger partial charge in [0.15, 0.2) is 6.10 Å². The third kappa shape index (κ3) is 4.39. The SMILES string of the molecule is CCc1ccccc1N1CC(C(=O)OC(C)C(=O)Nc2ccccc2)CC1=O. The lowest BCUT2D eigenvalue weighted by atomic mass is 10.1. The first kappa shape index (κ1) is 19.6. The lowest BCUT2D eigenvalue weighted by Gasteiger charge is -2.20. The summed E-state index contributed by atoms with van der Waals surface area (Å²) in [6, 6.07) is 16.6. The molecule has 2 atom stereocenters. The highest BCUT2D eigenvalue weighted by molar-refractivity contribution is 6.01. The Kier molecular flexibility index (Phi) is 6.09. The maximum Gasteiger partial charge on any atom is 0.312 e. The summed E-state index contributed by atoms with van der Waals surface area (Å²) in [6.45, 7) is 3.82. The fraction of sp³-hybridized carbons (Fsp3) is 0.318. The largest absolute Gasteiger partial charge is 0.452 e. The van der Waals surface area contributed by atoms with Crippen molar-refractivity contribution in [3.63, 3.8) is 0 Å². The van der Waals surface area contributed by atoms with E-state index in [-0.39, 0.29) is 18.9 Å². The van der Waals surface area contributed by atoms with E-state index in [1.807, 2.05) is 37.3 Å². The molecule has 28 heavy (non-hydrogen) atoms. The molecule has 2 aromatic carbocycles. The van der Waals surface area contributed by atoms with Gasteiger partial charge in [-0.1, -0.05) is 43.3 Å². The molecular weight excluding hydrogens is 356 g/mol. The first-order chi connectivity index (χ1) is 13.5. The normalized spacial score (nSPS) is 17.3. The summed E-state index contributed by atoms with van der Waals surface area (Å²) in [5, 5.41) is 2.70. The number of para-hydroxylation sites is 2. The van der Waals surface area contributed by atoms with Crippen molar-refractivity contribution in [2.24, 2.45) is 5.92 Å². The van der Waals surface area contributed by atoms with Gasteiger partial charge in [-0.3, -0.25) is 14.4 Å². The van der Waals surface area contributed by atoms with Gasteiger partial charge in [-0.05, 0) is 37.1 Å². The molecule has 1 heterocycles. The molecule has 1 fully saturated rings. The number of aryl methyl sites for hydroxylation is 1. The average Bonchev–Trinajstić information content (AvgIpc) is 3.10. The lowest BCUT2D eigenvalue weighted by Crippen LogP contribution is -2.33. The number of hydrogen-bond acceptors (Lipinski definition) is 4. The Bertz CT molecular complexity index is 866. The second kappa shape index (κ2) is 8.69. The van der Waals surface area contributed by atoms with Crippen LogP contribution in [0.15, 0.2) is 54.6 Å². The summed E-state index contributed by atoms with van der Waals surface area (Å²) in [6.07, 6.45) is -0.0601. The van der Waals surface area contributed by atoms with E-state index in [1.54, 1.807) is 29.2 Å². The third-order valence-electron chi connectivity index (χ3n) is 4.83. The van der Waals surface area contributed by atoms with Gasteiger partial charge in [-0.2, -0.15) is 0 Å². The van der Waals surface area contributed by atoms with E-state index in [1.165, 1.54) is 6.92 Å². The van der Waals surface area contributed by atoms with Gasteiger partial charge in [0.05, 0.1) is 5.92 Å². The molecule has 1 aliphatic heterocycles. The van der Waals surface area contributed by atoms with Crippen LogP contribution < -0.4 is 10.2 Å². The minimum atomic E-state index is -0.945. The van der Waals surface area contributed by atoms with Crippen LogP contribution in [0, 0.1) is 5.92 Å². The summed E-state index contributed by atoms with van der Waals surface area (Å²) in [5.74, 6) is -1.62. The number of rotatable bonds is 6. The van der Waals surface area contributed by atoms with Gasteiger partial charge in [0.2, 0.25) is 5.91 Å². The highest BCUT2D eigenvalue weighted by Gasteiger charge is 2.37. The summed E-state index contributed by atoms with van der Waals surface area (Å²) in [7, 11) is 0. The predicted molar refractivity (Wildman–Crippen MR) is 107 cm³/mol. The van der Waals surface area contributed by atoms with E-state index in [4.69, 9.17) is 4.74 Å². The monoisotopic (exact) mass is 380 g/mol. The van der Waals surface area contributed by atoms with Gasteiger partial charge in [0, 0.05) is 24.3 Å². The number of carbonyl (C=O) groups is 3. The van der Waals surface area contributed by atoms with Crippen LogP contribution in [0.4, 0.5) is 11.4 Å². The van der Waals surface area contributed by atoms with Crippen molar-refractivity contribution in [2.75, 3.05) is 16.8 Å². The fourth-order valence-electron chi connectivity index (χ4n) is 3.26. The maximum absolute atomic E-state index is 12.5. The minimum absolute atomic E-state index is 0.0872. The first-order valence-corrected chi connectivity index (χ1v) is 9.44. The van der Waals surface area contributed by atoms with Crippen molar-refractivity contribution in [2.45, 2.75) is 32.8 Å². The van der Waals surface area contributed by atoms with Crippen LogP contribution >= 0.6 is 0 Å². The number of anilines is 2. The van der Waals surface area contributed by atoms with E-state index < -0.39 is 23.9 Å². The Morgan fingerprint density at radius 3 is 2.54 bits per heavy atom. The van der Waals surface area contributed by atoms with Crippen molar-refractivity contribution in [1.82, 2.24) is 0 Å². The molecule has 2 aromatic rings. The molecule has 0 bridgehead atoms. The molecule has 2 amide bonds. The molecule has 0 radical (unpaired) electrons.